The molecule has 1 aliphatic rings. The van der Waals surface area contributed by atoms with E-state index in [9.17, 15) is 16.8 Å². The first-order valence-corrected chi connectivity index (χ1v) is 10.1. The zero-order valence-corrected chi connectivity index (χ0v) is 13.4. The molecule has 1 aromatic rings. The van der Waals surface area contributed by atoms with Gasteiger partial charge >= 0.3 is 0 Å². The highest BCUT2D eigenvalue weighted by molar-refractivity contribution is 7.91. The Morgan fingerprint density at radius 2 is 2.10 bits per heavy atom. The zero-order chi connectivity index (χ0) is 15.7. The second-order valence-corrected chi connectivity index (χ2v) is 9.31. The second kappa shape index (κ2) is 5.90. The molecule has 0 saturated carbocycles. The maximum atomic E-state index is 12.4. The number of nitrogen functional groups attached to an aromatic ring is 1. The number of aromatic nitrogens is 1. The summed E-state index contributed by atoms with van der Waals surface area (Å²) in [5, 5.41) is 0. The number of nitrogens with two attached hydrogens (primary N) is 1. The molecule has 0 bridgehead atoms. The molecule has 1 atom stereocenters. The molecule has 0 aromatic carbocycles. The van der Waals surface area contributed by atoms with Crippen molar-refractivity contribution < 1.29 is 16.8 Å². The van der Waals surface area contributed by atoms with Gasteiger partial charge in [0.1, 0.15) is 0 Å². The van der Waals surface area contributed by atoms with Crippen LogP contribution in [0, 0.1) is 5.92 Å². The Bertz CT molecular complexity index is 716. The SMILES string of the molecule is CS(=O)(=O)N1CCCC(CS(=O)(=O)c2ccncc2N)C1. The maximum Gasteiger partial charge on any atom is 0.211 e. The van der Waals surface area contributed by atoms with Gasteiger partial charge in [-0.3, -0.25) is 4.98 Å². The number of hydrogen-bond donors (Lipinski definition) is 1. The number of sulfonamides is 1. The minimum atomic E-state index is -3.55. The van der Waals surface area contributed by atoms with Gasteiger partial charge in [0.15, 0.2) is 9.84 Å². The van der Waals surface area contributed by atoms with E-state index in [1.165, 1.54) is 22.8 Å². The van der Waals surface area contributed by atoms with Crippen LogP contribution in [-0.4, -0.2) is 51.2 Å². The number of sulfone groups is 1. The summed E-state index contributed by atoms with van der Waals surface area (Å²) in [6, 6.07) is 1.38. The van der Waals surface area contributed by atoms with Crippen LogP contribution < -0.4 is 5.73 Å². The van der Waals surface area contributed by atoms with Crippen molar-refractivity contribution >= 4 is 25.5 Å². The number of anilines is 1. The molecule has 1 fully saturated rings. The minimum Gasteiger partial charge on any atom is -0.396 e. The fraction of sp³-hybridized carbons (Fsp3) is 0.583. The standard InChI is InChI=1S/C12H19N3O4S2/c1-20(16,17)15-6-2-3-10(8-15)9-21(18,19)12-4-5-14-7-11(12)13/h4-5,7,10H,2-3,6,8-9,13H2,1H3. The van der Waals surface area contributed by atoms with Crippen LogP contribution in [0.5, 0.6) is 0 Å². The van der Waals surface area contributed by atoms with Gasteiger partial charge < -0.3 is 5.73 Å². The van der Waals surface area contributed by atoms with Gasteiger partial charge in [-0.1, -0.05) is 0 Å². The average molecular weight is 333 g/mol. The number of piperidine rings is 1. The monoisotopic (exact) mass is 333 g/mol. The normalized spacial score (nSPS) is 21.3. The summed E-state index contributed by atoms with van der Waals surface area (Å²) < 4.78 is 49.3. The molecular formula is C12H19N3O4S2. The molecular weight excluding hydrogens is 314 g/mol. The topological polar surface area (TPSA) is 110 Å². The van der Waals surface area contributed by atoms with E-state index in [0.29, 0.717) is 19.4 Å². The van der Waals surface area contributed by atoms with Crippen LogP contribution >= 0.6 is 0 Å². The number of rotatable bonds is 4. The highest BCUT2D eigenvalue weighted by Gasteiger charge is 2.30. The average Bonchev–Trinajstić information content (AvgIpc) is 2.37. The van der Waals surface area contributed by atoms with Gasteiger partial charge in [0.05, 0.1) is 28.8 Å². The van der Waals surface area contributed by atoms with Gasteiger partial charge in [-0.2, -0.15) is 0 Å². The molecule has 7 nitrogen and oxygen atoms in total. The predicted octanol–water partition coefficient (Wildman–Crippen LogP) is 0.109. The lowest BCUT2D eigenvalue weighted by Gasteiger charge is -2.30. The van der Waals surface area contributed by atoms with E-state index in [2.05, 4.69) is 4.98 Å². The molecule has 21 heavy (non-hydrogen) atoms. The molecule has 0 amide bonds. The fourth-order valence-corrected chi connectivity index (χ4v) is 5.24. The maximum absolute atomic E-state index is 12.4. The highest BCUT2D eigenvalue weighted by Crippen LogP contribution is 2.25. The molecule has 2 heterocycles. The lowest BCUT2D eigenvalue weighted by atomic mass is 10.0. The van der Waals surface area contributed by atoms with Gasteiger partial charge in [0.2, 0.25) is 10.0 Å². The number of pyridine rings is 1. The summed E-state index contributed by atoms with van der Waals surface area (Å²) >= 11 is 0. The summed E-state index contributed by atoms with van der Waals surface area (Å²) in [4.78, 5) is 3.84. The second-order valence-electron chi connectivity index (χ2n) is 5.32. The fourth-order valence-electron chi connectivity index (χ4n) is 2.54. The first-order chi connectivity index (χ1) is 9.70. The Balaban J connectivity index is 2.16. The molecule has 2 N–H and O–H groups in total. The quantitative estimate of drug-likeness (QED) is 0.837. The summed E-state index contributed by atoms with van der Waals surface area (Å²) in [5.74, 6) is -0.321. The number of nitrogens with zero attached hydrogens (tertiary/aromatic N) is 2. The zero-order valence-electron chi connectivity index (χ0n) is 11.8. The van der Waals surface area contributed by atoms with E-state index in [0.717, 1.165) is 6.26 Å². The third-order valence-electron chi connectivity index (χ3n) is 3.55. The van der Waals surface area contributed by atoms with E-state index in [4.69, 9.17) is 5.73 Å². The first kappa shape index (κ1) is 16.2. The van der Waals surface area contributed by atoms with Crippen LogP contribution in [0.25, 0.3) is 0 Å². The molecule has 0 aliphatic carbocycles. The van der Waals surface area contributed by atoms with Crippen LogP contribution in [0.2, 0.25) is 0 Å². The van der Waals surface area contributed by atoms with Crippen molar-refractivity contribution in [3.8, 4) is 0 Å². The summed E-state index contributed by atoms with van der Waals surface area (Å²) in [5.41, 5.74) is 5.78. The third kappa shape index (κ3) is 3.92. The van der Waals surface area contributed by atoms with Crippen LogP contribution in [0.1, 0.15) is 12.8 Å². The van der Waals surface area contributed by atoms with Crippen molar-refractivity contribution in [2.24, 2.45) is 5.92 Å². The summed E-state index contributed by atoms with van der Waals surface area (Å²) in [6.45, 7) is 0.690. The van der Waals surface area contributed by atoms with Gasteiger partial charge in [-0.15, -0.1) is 0 Å². The molecule has 9 heteroatoms. The lowest BCUT2D eigenvalue weighted by Crippen LogP contribution is -2.41. The molecule has 2 rings (SSSR count). The largest absolute Gasteiger partial charge is 0.396 e. The van der Waals surface area contributed by atoms with Crippen molar-refractivity contribution in [1.82, 2.24) is 9.29 Å². The smallest absolute Gasteiger partial charge is 0.211 e. The Hall–Kier alpha value is -1.19. The summed E-state index contributed by atoms with van der Waals surface area (Å²) in [7, 11) is -6.83. The van der Waals surface area contributed by atoms with Crippen molar-refractivity contribution in [1.29, 1.82) is 0 Å². The number of hydrogen-bond acceptors (Lipinski definition) is 6. The summed E-state index contributed by atoms with van der Waals surface area (Å²) in [6.07, 6.45) is 5.18. The third-order valence-corrected chi connectivity index (χ3v) is 6.77. The molecule has 1 saturated heterocycles. The van der Waals surface area contributed by atoms with Crippen molar-refractivity contribution in [2.75, 3.05) is 30.8 Å². The Morgan fingerprint density at radius 1 is 1.38 bits per heavy atom. The molecule has 0 radical (unpaired) electrons. The Morgan fingerprint density at radius 3 is 2.71 bits per heavy atom. The van der Waals surface area contributed by atoms with E-state index in [-0.39, 0.29) is 28.8 Å². The Labute approximate surface area is 125 Å². The van der Waals surface area contributed by atoms with Crippen LogP contribution in [0.15, 0.2) is 23.4 Å². The van der Waals surface area contributed by atoms with Crippen LogP contribution in [0.4, 0.5) is 5.69 Å². The lowest BCUT2D eigenvalue weighted by molar-refractivity contribution is 0.284. The molecule has 1 aliphatic heterocycles. The van der Waals surface area contributed by atoms with Crippen LogP contribution in [-0.2, 0) is 19.9 Å². The van der Waals surface area contributed by atoms with E-state index < -0.39 is 19.9 Å². The van der Waals surface area contributed by atoms with Crippen LogP contribution in [0.3, 0.4) is 0 Å². The van der Waals surface area contributed by atoms with E-state index >= 15 is 0 Å². The molecule has 1 unspecified atom stereocenters. The molecule has 1 aromatic heterocycles. The van der Waals surface area contributed by atoms with Crippen molar-refractivity contribution in [3.63, 3.8) is 0 Å². The molecule has 0 spiro atoms. The van der Waals surface area contributed by atoms with Gasteiger partial charge in [-0.05, 0) is 24.8 Å². The van der Waals surface area contributed by atoms with Crippen molar-refractivity contribution in [2.45, 2.75) is 17.7 Å². The van der Waals surface area contributed by atoms with Crippen molar-refractivity contribution in [3.05, 3.63) is 18.5 Å². The predicted molar refractivity (Wildman–Crippen MR) is 79.8 cm³/mol. The van der Waals surface area contributed by atoms with Gasteiger partial charge in [0.25, 0.3) is 0 Å². The van der Waals surface area contributed by atoms with E-state index in [1.807, 2.05) is 0 Å². The Kier molecular flexibility index (Phi) is 4.54. The van der Waals surface area contributed by atoms with Gasteiger partial charge in [-0.25, -0.2) is 21.1 Å². The highest BCUT2D eigenvalue weighted by atomic mass is 32.2. The molecule has 118 valence electrons. The first-order valence-electron chi connectivity index (χ1n) is 6.57. The van der Waals surface area contributed by atoms with Gasteiger partial charge in [0, 0.05) is 19.3 Å². The van der Waals surface area contributed by atoms with E-state index in [1.54, 1.807) is 0 Å². The minimum absolute atomic E-state index is 0.0639.